The molecule has 0 saturated heterocycles. The van der Waals surface area contributed by atoms with Gasteiger partial charge in [0.15, 0.2) is 9.84 Å². The van der Waals surface area contributed by atoms with Crippen LogP contribution in [0.25, 0.3) is 11.1 Å². The number of aliphatic hydroxyl groups is 1. The number of nitrogens with zero attached hydrogens (tertiary/aromatic N) is 1. The van der Waals surface area contributed by atoms with Crippen LogP contribution in [0.2, 0.25) is 0 Å². The van der Waals surface area contributed by atoms with Gasteiger partial charge in [0.05, 0.1) is 17.3 Å². The largest absolute Gasteiger partial charge is 0.395 e. The number of aryl methyl sites for hydroxylation is 3. The Morgan fingerprint density at radius 2 is 1.70 bits per heavy atom. The average molecular weight is 381 g/mol. The molecular weight excluding hydrogens is 358 g/mol. The van der Waals surface area contributed by atoms with Gasteiger partial charge in [-0.3, -0.25) is 4.98 Å². The van der Waals surface area contributed by atoms with Gasteiger partial charge in [-0.25, -0.2) is 8.42 Å². The number of hydrogen-bond donors (Lipinski definition) is 1. The summed E-state index contributed by atoms with van der Waals surface area (Å²) in [5.74, 6) is -0.255. The van der Waals surface area contributed by atoms with E-state index in [-0.39, 0.29) is 17.3 Å². The quantitative estimate of drug-likeness (QED) is 0.679. The molecule has 0 amide bonds. The van der Waals surface area contributed by atoms with E-state index >= 15 is 0 Å². The lowest BCUT2D eigenvalue weighted by Gasteiger charge is -2.08. The second kappa shape index (κ2) is 8.46. The predicted molar refractivity (Wildman–Crippen MR) is 107 cm³/mol. The van der Waals surface area contributed by atoms with E-state index in [9.17, 15) is 8.42 Å². The molecule has 3 rings (SSSR count). The lowest BCUT2D eigenvalue weighted by atomic mass is 10.00. The van der Waals surface area contributed by atoms with Crippen molar-refractivity contribution in [2.24, 2.45) is 0 Å². The zero-order valence-electron chi connectivity index (χ0n) is 15.3. The van der Waals surface area contributed by atoms with Crippen LogP contribution in [0.4, 0.5) is 0 Å². The van der Waals surface area contributed by atoms with Crippen molar-refractivity contribution in [1.29, 1.82) is 0 Å². The van der Waals surface area contributed by atoms with Gasteiger partial charge in [-0.15, -0.1) is 0 Å². The molecule has 0 aliphatic carbocycles. The summed E-state index contributed by atoms with van der Waals surface area (Å²) >= 11 is 0. The van der Waals surface area contributed by atoms with Crippen molar-refractivity contribution >= 4 is 9.84 Å². The highest BCUT2D eigenvalue weighted by atomic mass is 32.2. The van der Waals surface area contributed by atoms with Gasteiger partial charge in [0.25, 0.3) is 0 Å². The van der Waals surface area contributed by atoms with Crippen molar-refractivity contribution in [3.63, 3.8) is 0 Å². The number of rotatable bonds is 7. The third-order valence-electron chi connectivity index (χ3n) is 4.60. The van der Waals surface area contributed by atoms with Crippen LogP contribution < -0.4 is 0 Å². The number of benzene rings is 2. The van der Waals surface area contributed by atoms with Gasteiger partial charge in [0.2, 0.25) is 0 Å². The smallest absolute Gasteiger partial charge is 0.180 e. The van der Waals surface area contributed by atoms with E-state index in [4.69, 9.17) is 5.11 Å². The number of pyridine rings is 1. The van der Waals surface area contributed by atoms with Crippen molar-refractivity contribution in [3.05, 3.63) is 83.7 Å². The number of aliphatic hydroxyl groups excluding tert-OH is 1. The fourth-order valence-electron chi connectivity index (χ4n) is 3.04. The minimum atomic E-state index is -3.42. The molecule has 0 radical (unpaired) electrons. The van der Waals surface area contributed by atoms with Gasteiger partial charge in [0.1, 0.15) is 0 Å². The van der Waals surface area contributed by atoms with E-state index < -0.39 is 9.84 Å². The summed E-state index contributed by atoms with van der Waals surface area (Å²) in [6, 6.07) is 19.1. The molecule has 0 spiro atoms. The molecule has 0 aliphatic rings. The van der Waals surface area contributed by atoms with Crippen LogP contribution in [0, 0.1) is 6.92 Å². The van der Waals surface area contributed by atoms with E-state index in [0.29, 0.717) is 0 Å². The Morgan fingerprint density at radius 3 is 2.41 bits per heavy atom. The van der Waals surface area contributed by atoms with Crippen LogP contribution in [-0.2, 0) is 22.7 Å². The number of hydrogen-bond acceptors (Lipinski definition) is 4. The fraction of sp³-hybridized carbons (Fsp3) is 0.227. The normalized spacial score (nSPS) is 11.5. The van der Waals surface area contributed by atoms with E-state index in [0.717, 1.165) is 29.7 Å². The van der Waals surface area contributed by atoms with Crippen molar-refractivity contribution in [2.45, 2.75) is 24.7 Å². The van der Waals surface area contributed by atoms with Crippen LogP contribution in [0.15, 0.2) is 71.8 Å². The molecule has 140 valence electrons. The molecule has 1 heterocycles. The second-order valence-corrected chi connectivity index (χ2v) is 8.64. The highest BCUT2D eigenvalue weighted by Gasteiger charge is 2.13. The van der Waals surface area contributed by atoms with E-state index in [1.54, 1.807) is 12.1 Å². The van der Waals surface area contributed by atoms with Gasteiger partial charge >= 0.3 is 0 Å². The summed E-state index contributed by atoms with van der Waals surface area (Å²) in [6.07, 6.45) is 3.61. The Labute approximate surface area is 160 Å². The molecular formula is C22H23NO3S. The van der Waals surface area contributed by atoms with Crippen molar-refractivity contribution in [2.75, 3.05) is 12.4 Å². The molecule has 1 N–H and O–H groups in total. The minimum Gasteiger partial charge on any atom is -0.395 e. The monoisotopic (exact) mass is 381 g/mol. The molecule has 0 unspecified atom stereocenters. The molecule has 0 bridgehead atoms. The lowest BCUT2D eigenvalue weighted by Crippen LogP contribution is -2.09. The summed E-state index contributed by atoms with van der Waals surface area (Å²) in [6.45, 7) is 1.70. The zero-order chi connectivity index (χ0) is 19.3. The first-order valence-electron chi connectivity index (χ1n) is 8.93. The average Bonchev–Trinajstić information content (AvgIpc) is 2.68. The van der Waals surface area contributed by atoms with Crippen LogP contribution in [0.1, 0.15) is 16.8 Å². The third-order valence-corrected chi connectivity index (χ3v) is 6.31. The van der Waals surface area contributed by atoms with Crippen molar-refractivity contribution in [3.8, 4) is 11.1 Å². The summed E-state index contributed by atoms with van der Waals surface area (Å²) < 4.78 is 24.0. The summed E-state index contributed by atoms with van der Waals surface area (Å²) in [5, 5.41) is 8.89. The van der Waals surface area contributed by atoms with Crippen LogP contribution in [-0.4, -0.2) is 30.9 Å². The topological polar surface area (TPSA) is 67.3 Å². The minimum absolute atomic E-state index is 0.238. The predicted octanol–water partition coefficient (Wildman–Crippen LogP) is 3.61. The molecule has 3 aromatic rings. The van der Waals surface area contributed by atoms with Crippen LogP contribution in [0.3, 0.4) is 0 Å². The van der Waals surface area contributed by atoms with E-state index in [2.05, 4.69) is 30.1 Å². The molecule has 2 aromatic carbocycles. The maximum Gasteiger partial charge on any atom is 0.180 e. The van der Waals surface area contributed by atoms with E-state index in [1.807, 2.05) is 36.5 Å². The molecule has 0 aliphatic heterocycles. The Morgan fingerprint density at radius 1 is 0.926 bits per heavy atom. The highest BCUT2D eigenvalue weighted by Crippen LogP contribution is 2.23. The summed E-state index contributed by atoms with van der Waals surface area (Å²) in [7, 11) is -3.42. The highest BCUT2D eigenvalue weighted by molar-refractivity contribution is 7.91. The SMILES string of the molecule is Cc1cccnc1CCc1cccc(-c2ccc(S(=O)(=O)CCO)cc2)c1. The first kappa shape index (κ1) is 19.3. The maximum atomic E-state index is 12.0. The van der Waals surface area contributed by atoms with Crippen LogP contribution in [0.5, 0.6) is 0 Å². The summed E-state index contributed by atoms with van der Waals surface area (Å²) in [5.41, 5.74) is 5.55. The second-order valence-electron chi connectivity index (χ2n) is 6.53. The Balaban J connectivity index is 1.76. The van der Waals surface area contributed by atoms with Gasteiger partial charge < -0.3 is 5.11 Å². The van der Waals surface area contributed by atoms with Crippen LogP contribution >= 0.6 is 0 Å². The van der Waals surface area contributed by atoms with Crippen molar-refractivity contribution in [1.82, 2.24) is 4.98 Å². The number of aromatic nitrogens is 1. The van der Waals surface area contributed by atoms with Gasteiger partial charge in [-0.05, 0) is 60.2 Å². The van der Waals surface area contributed by atoms with E-state index in [1.165, 1.54) is 11.1 Å². The molecule has 27 heavy (non-hydrogen) atoms. The molecule has 0 atom stereocenters. The first-order valence-corrected chi connectivity index (χ1v) is 10.6. The molecule has 5 heteroatoms. The Bertz CT molecular complexity index is 1010. The molecule has 0 saturated carbocycles. The molecule has 4 nitrogen and oxygen atoms in total. The lowest BCUT2D eigenvalue weighted by molar-refractivity contribution is 0.319. The Hall–Kier alpha value is -2.50. The van der Waals surface area contributed by atoms with Gasteiger partial charge in [-0.2, -0.15) is 0 Å². The third kappa shape index (κ3) is 4.81. The van der Waals surface area contributed by atoms with Crippen molar-refractivity contribution < 1.29 is 13.5 Å². The maximum absolute atomic E-state index is 12.0. The number of sulfone groups is 1. The van der Waals surface area contributed by atoms with Gasteiger partial charge in [0, 0.05) is 11.9 Å². The Kier molecular flexibility index (Phi) is 6.04. The first-order chi connectivity index (χ1) is 13.0. The zero-order valence-corrected chi connectivity index (χ0v) is 16.1. The molecule has 1 aromatic heterocycles. The van der Waals surface area contributed by atoms with Gasteiger partial charge in [-0.1, -0.05) is 42.5 Å². The molecule has 0 fully saturated rings. The standard InChI is InChI=1S/C22H23NO3S/c1-17-4-3-13-23-22(17)12-7-18-5-2-6-20(16-18)19-8-10-21(11-9-19)27(25,26)15-14-24/h2-6,8-11,13,16,24H,7,12,14-15H2,1H3. The fourth-order valence-corrected chi connectivity index (χ4v) is 4.07. The summed E-state index contributed by atoms with van der Waals surface area (Å²) in [4.78, 5) is 4.69.